The summed E-state index contributed by atoms with van der Waals surface area (Å²) in [5.41, 5.74) is 7.12. The van der Waals surface area contributed by atoms with E-state index >= 15 is 0 Å². The van der Waals surface area contributed by atoms with Crippen molar-refractivity contribution >= 4 is 39.2 Å². The van der Waals surface area contributed by atoms with Crippen molar-refractivity contribution in [3.8, 4) is 10.4 Å². The van der Waals surface area contributed by atoms with E-state index in [0.29, 0.717) is 29.8 Å². The van der Waals surface area contributed by atoms with Crippen LogP contribution in [-0.4, -0.2) is 43.1 Å². The summed E-state index contributed by atoms with van der Waals surface area (Å²) < 4.78 is 31.8. The van der Waals surface area contributed by atoms with Crippen LogP contribution in [0, 0.1) is 5.41 Å². The Hall–Kier alpha value is -2.92. The molecule has 194 valence electrons. The molecule has 9 nitrogen and oxygen atoms in total. The number of hydrogen-bond acceptors (Lipinski definition) is 9. The largest absolute Gasteiger partial charge is 0.447 e. The fourth-order valence-electron chi connectivity index (χ4n) is 4.39. The highest BCUT2D eigenvalue weighted by atomic mass is 32.2. The average molecular weight is 532 g/mol. The SMILES string of the molecule is CC(C)OC(=O)NC1CCC(c2ncc(-c3ccc(N/C(C=N)=C/N)cc3S(=O)(=O)C3CC3)s2)CC1. The van der Waals surface area contributed by atoms with Crippen LogP contribution >= 0.6 is 11.3 Å². The van der Waals surface area contributed by atoms with Crippen LogP contribution in [0.5, 0.6) is 0 Å². The smallest absolute Gasteiger partial charge is 0.407 e. The molecule has 1 amide bonds. The number of benzene rings is 1. The lowest BCUT2D eigenvalue weighted by Gasteiger charge is -2.28. The highest BCUT2D eigenvalue weighted by Gasteiger charge is 2.38. The van der Waals surface area contributed by atoms with E-state index in [0.717, 1.165) is 41.8 Å². The number of rotatable bonds is 9. The monoisotopic (exact) mass is 531 g/mol. The second kappa shape index (κ2) is 11.0. The second-order valence-electron chi connectivity index (χ2n) is 9.56. The maximum absolute atomic E-state index is 13.3. The number of nitrogens with one attached hydrogen (secondary N) is 3. The standard InChI is InChI=1S/C25H33N5O4S2/c1-15(2)34-25(31)30-17-5-3-16(4-6-17)24-28-14-22(35-24)21-10-7-18(29-19(12-26)13-27)11-23(21)36(32,33)20-8-9-20/h7,10-17,20,26,29H,3-6,8-9,27H2,1-2H3,(H,30,31)/b19-13+,26-12?. The molecule has 0 aliphatic heterocycles. The topological polar surface area (TPSA) is 147 Å². The molecule has 11 heteroatoms. The van der Waals surface area contributed by atoms with Crippen molar-refractivity contribution in [1.82, 2.24) is 10.3 Å². The molecule has 5 N–H and O–H groups in total. The molecule has 1 aromatic heterocycles. The van der Waals surface area contributed by atoms with Crippen LogP contribution < -0.4 is 16.4 Å². The van der Waals surface area contributed by atoms with Gasteiger partial charge in [0.1, 0.15) is 0 Å². The van der Waals surface area contributed by atoms with Crippen molar-refractivity contribution in [3.05, 3.63) is 41.3 Å². The molecular formula is C25H33N5O4S2. The van der Waals surface area contributed by atoms with Crippen molar-refractivity contribution < 1.29 is 17.9 Å². The molecule has 2 aliphatic rings. The number of anilines is 1. The van der Waals surface area contributed by atoms with E-state index in [1.807, 2.05) is 13.8 Å². The van der Waals surface area contributed by atoms with Crippen LogP contribution in [0.15, 0.2) is 41.2 Å². The lowest BCUT2D eigenvalue weighted by atomic mass is 9.86. The normalized spacial score (nSPS) is 20.7. The van der Waals surface area contributed by atoms with Gasteiger partial charge in [0.25, 0.3) is 0 Å². The van der Waals surface area contributed by atoms with Crippen molar-refractivity contribution in [2.24, 2.45) is 5.73 Å². The Morgan fingerprint density at radius 1 is 1.22 bits per heavy atom. The summed E-state index contributed by atoms with van der Waals surface area (Å²) in [6, 6.07) is 5.31. The van der Waals surface area contributed by atoms with E-state index in [4.69, 9.17) is 15.9 Å². The number of nitrogens with two attached hydrogens (primary N) is 1. The highest BCUT2D eigenvalue weighted by Crippen LogP contribution is 2.43. The number of nitrogens with zero attached hydrogens (tertiary/aromatic N) is 1. The summed E-state index contributed by atoms with van der Waals surface area (Å²) in [6.07, 6.45) is 8.41. The zero-order valence-electron chi connectivity index (χ0n) is 20.5. The van der Waals surface area contributed by atoms with E-state index in [9.17, 15) is 13.2 Å². The number of alkyl carbamates (subject to hydrolysis) is 1. The van der Waals surface area contributed by atoms with Crippen LogP contribution in [0.3, 0.4) is 0 Å². The van der Waals surface area contributed by atoms with Crippen LogP contribution in [-0.2, 0) is 14.6 Å². The first-order valence-corrected chi connectivity index (χ1v) is 14.6. The summed E-state index contributed by atoms with van der Waals surface area (Å²) in [4.78, 5) is 17.7. The summed E-state index contributed by atoms with van der Waals surface area (Å²) in [5, 5.41) is 14.0. The third-order valence-corrected chi connectivity index (χ3v) is 9.90. The van der Waals surface area contributed by atoms with Gasteiger partial charge in [0, 0.05) is 41.8 Å². The molecule has 1 aromatic carbocycles. The number of thiazole rings is 1. The predicted octanol–water partition coefficient (Wildman–Crippen LogP) is 4.77. The predicted molar refractivity (Wildman–Crippen MR) is 142 cm³/mol. The molecule has 2 aromatic rings. The summed E-state index contributed by atoms with van der Waals surface area (Å²) in [5.74, 6) is 0.275. The molecule has 2 fully saturated rings. The molecule has 1 heterocycles. The maximum Gasteiger partial charge on any atom is 0.407 e. The van der Waals surface area contributed by atoms with Crippen LogP contribution in [0.4, 0.5) is 10.5 Å². The fraction of sp³-hybridized carbons (Fsp3) is 0.480. The van der Waals surface area contributed by atoms with Gasteiger partial charge in [0.15, 0.2) is 9.84 Å². The lowest BCUT2D eigenvalue weighted by Crippen LogP contribution is -2.38. The number of hydrogen-bond donors (Lipinski definition) is 4. The quantitative estimate of drug-likeness (QED) is 0.341. The minimum atomic E-state index is -3.48. The molecule has 0 bridgehead atoms. The Balaban J connectivity index is 1.52. The highest BCUT2D eigenvalue weighted by molar-refractivity contribution is 7.92. The first-order valence-electron chi connectivity index (χ1n) is 12.2. The van der Waals surface area contributed by atoms with Gasteiger partial charge in [0.05, 0.1) is 31.8 Å². The Kier molecular flexibility index (Phi) is 7.99. The first kappa shape index (κ1) is 26.2. The third kappa shape index (κ3) is 6.07. The molecule has 4 rings (SSSR count). The number of amides is 1. The van der Waals surface area contributed by atoms with Crippen molar-refractivity contribution in [2.45, 2.75) is 80.6 Å². The van der Waals surface area contributed by atoms with Crippen molar-refractivity contribution in [2.75, 3.05) is 5.32 Å². The molecule has 0 spiro atoms. The Bertz CT molecular complexity index is 1240. The van der Waals surface area contributed by atoms with E-state index in [1.54, 1.807) is 24.4 Å². The van der Waals surface area contributed by atoms with E-state index in [1.165, 1.54) is 17.5 Å². The van der Waals surface area contributed by atoms with Gasteiger partial charge in [-0.3, -0.25) is 0 Å². The Labute approximate surface area is 216 Å². The molecule has 0 radical (unpaired) electrons. The molecule has 2 aliphatic carbocycles. The summed E-state index contributed by atoms with van der Waals surface area (Å²) in [7, 11) is -3.48. The van der Waals surface area contributed by atoms with Crippen molar-refractivity contribution in [1.29, 1.82) is 5.41 Å². The zero-order chi connectivity index (χ0) is 25.9. The van der Waals surface area contributed by atoms with Gasteiger partial charge < -0.3 is 26.5 Å². The number of aromatic nitrogens is 1. The van der Waals surface area contributed by atoms with Crippen LogP contribution in [0.1, 0.15) is 63.3 Å². The average Bonchev–Trinajstić information content (AvgIpc) is 3.61. The van der Waals surface area contributed by atoms with E-state index in [2.05, 4.69) is 15.6 Å². The molecule has 2 saturated carbocycles. The molecular weight excluding hydrogens is 498 g/mol. The van der Waals surface area contributed by atoms with Gasteiger partial charge in [-0.15, -0.1) is 11.3 Å². The minimum absolute atomic E-state index is 0.0932. The van der Waals surface area contributed by atoms with Crippen LogP contribution in [0.25, 0.3) is 10.4 Å². The number of carbonyl (C=O) groups excluding carboxylic acids is 1. The second-order valence-corrected chi connectivity index (χ2v) is 12.8. The molecule has 36 heavy (non-hydrogen) atoms. The zero-order valence-corrected chi connectivity index (χ0v) is 22.1. The van der Waals surface area contributed by atoms with E-state index < -0.39 is 9.84 Å². The fourth-order valence-corrected chi connectivity index (χ4v) is 7.47. The molecule has 0 atom stereocenters. The van der Waals surface area contributed by atoms with Crippen LogP contribution in [0.2, 0.25) is 0 Å². The maximum atomic E-state index is 13.3. The van der Waals surface area contributed by atoms with E-state index in [-0.39, 0.29) is 34.3 Å². The van der Waals surface area contributed by atoms with Gasteiger partial charge in [-0.1, -0.05) is 6.07 Å². The van der Waals surface area contributed by atoms with Gasteiger partial charge in [0.2, 0.25) is 0 Å². The van der Waals surface area contributed by atoms with Crippen molar-refractivity contribution in [3.63, 3.8) is 0 Å². The van der Waals surface area contributed by atoms with Gasteiger partial charge in [-0.05, 0) is 64.5 Å². The van der Waals surface area contributed by atoms with Gasteiger partial charge >= 0.3 is 6.09 Å². The first-order chi connectivity index (χ1) is 17.2. The number of ether oxygens (including phenoxy) is 1. The third-order valence-electron chi connectivity index (χ3n) is 6.41. The Morgan fingerprint density at radius 2 is 1.94 bits per heavy atom. The number of allylic oxidation sites excluding steroid dienone is 1. The summed E-state index contributed by atoms with van der Waals surface area (Å²) in [6.45, 7) is 3.65. The van der Waals surface area contributed by atoms with Gasteiger partial charge in [-0.2, -0.15) is 0 Å². The number of carbonyl (C=O) groups is 1. The number of sulfone groups is 1. The van der Waals surface area contributed by atoms with Gasteiger partial charge in [-0.25, -0.2) is 18.2 Å². The minimum Gasteiger partial charge on any atom is -0.447 e. The molecule has 0 unspecified atom stereocenters. The Morgan fingerprint density at radius 3 is 2.56 bits per heavy atom. The lowest BCUT2D eigenvalue weighted by molar-refractivity contribution is 0.109. The molecule has 0 saturated heterocycles. The summed E-state index contributed by atoms with van der Waals surface area (Å²) >= 11 is 1.53.